The fraction of sp³-hybridized carbons (Fsp3) is 0.207. The average molecular weight is 667 g/mol. The first-order valence-electron chi connectivity index (χ1n) is 13.2. The smallest absolute Gasteiger partial charge is 0.367 e. The molecule has 0 atom stereocenters. The van der Waals surface area contributed by atoms with E-state index in [1.54, 1.807) is 19.1 Å². The lowest BCUT2D eigenvalue weighted by molar-refractivity contribution is -0.176. The van der Waals surface area contributed by atoms with Crippen molar-refractivity contribution in [1.82, 2.24) is 14.8 Å². The standard InChI is InChI=1S/C29H21F7N6O3S/c1-16-2-3-18(12-45-14-28(31,32)33)23(10-16)42-24(43)13-46-27(42)39-26(44)38-22-9-4-17(11-21(22)30)25-37-15-41(40-25)20-7-5-19(6-8-20)29(34,35)36/h2-11,15H,12-14H2,1H3,(H,38,44). The number of hydrogen-bond acceptors (Lipinski definition) is 6. The zero-order chi connectivity index (χ0) is 33.2. The van der Waals surface area contributed by atoms with E-state index < -0.39 is 48.9 Å². The van der Waals surface area contributed by atoms with E-state index in [2.05, 4.69) is 20.4 Å². The van der Waals surface area contributed by atoms with E-state index in [1.807, 2.05) is 0 Å². The van der Waals surface area contributed by atoms with E-state index in [0.717, 1.165) is 34.9 Å². The van der Waals surface area contributed by atoms with Crippen molar-refractivity contribution in [2.45, 2.75) is 25.9 Å². The molecule has 4 aromatic rings. The Morgan fingerprint density at radius 1 is 1.04 bits per heavy atom. The van der Waals surface area contributed by atoms with Crippen LogP contribution in [-0.2, 0) is 22.3 Å². The van der Waals surface area contributed by atoms with Gasteiger partial charge in [-0.1, -0.05) is 23.9 Å². The maximum atomic E-state index is 15.0. The number of carbonyl (C=O) groups is 2. The molecule has 1 saturated heterocycles. The van der Waals surface area contributed by atoms with E-state index in [0.29, 0.717) is 11.3 Å². The summed E-state index contributed by atoms with van der Waals surface area (Å²) in [7, 11) is 0. The number of aryl methyl sites for hydroxylation is 1. The second-order valence-corrected chi connectivity index (χ2v) is 10.8. The van der Waals surface area contributed by atoms with Crippen LogP contribution in [0.5, 0.6) is 0 Å². The number of aromatic nitrogens is 3. The average Bonchev–Trinajstić information content (AvgIpc) is 3.61. The van der Waals surface area contributed by atoms with E-state index >= 15 is 4.39 Å². The van der Waals surface area contributed by atoms with Gasteiger partial charge in [-0.3, -0.25) is 9.69 Å². The van der Waals surface area contributed by atoms with Gasteiger partial charge in [0.2, 0.25) is 5.91 Å². The van der Waals surface area contributed by atoms with Gasteiger partial charge in [0.25, 0.3) is 0 Å². The monoisotopic (exact) mass is 666 g/mol. The molecule has 2 heterocycles. The Kier molecular flexibility index (Phi) is 9.16. The number of nitrogens with one attached hydrogen (secondary N) is 1. The first kappa shape index (κ1) is 32.6. The lowest BCUT2D eigenvalue weighted by Gasteiger charge is -2.21. The summed E-state index contributed by atoms with van der Waals surface area (Å²) in [5, 5.41) is 6.39. The van der Waals surface area contributed by atoms with Crippen LogP contribution in [0.3, 0.4) is 0 Å². The van der Waals surface area contributed by atoms with Gasteiger partial charge in [-0.15, -0.1) is 5.10 Å². The van der Waals surface area contributed by atoms with Gasteiger partial charge in [-0.2, -0.15) is 31.3 Å². The van der Waals surface area contributed by atoms with Crippen molar-refractivity contribution in [1.29, 1.82) is 0 Å². The second-order valence-electron chi connectivity index (χ2n) is 9.83. The summed E-state index contributed by atoms with van der Waals surface area (Å²) in [6.45, 7) is -0.242. The van der Waals surface area contributed by atoms with E-state index in [-0.39, 0.29) is 39.2 Å². The fourth-order valence-corrected chi connectivity index (χ4v) is 5.13. The van der Waals surface area contributed by atoms with Crippen LogP contribution < -0.4 is 10.2 Å². The Morgan fingerprint density at radius 3 is 2.46 bits per heavy atom. The van der Waals surface area contributed by atoms with Gasteiger partial charge in [-0.05, 0) is 61.0 Å². The molecule has 46 heavy (non-hydrogen) atoms. The van der Waals surface area contributed by atoms with Crippen molar-refractivity contribution in [3.05, 3.63) is 89.5 Å². The maximum absolute atomic E-state index is 15.0. The lowest BCUT2D eigenvalue weighted by atomic mass is 10.1. The third kappa shape index (κ3) is 7.71. The van der Waals surface area contributed by atoms with Crippen LogP contribution in [0.2, 0.25) is 0 Å². The number of thioether (sulfide) groups is 1. The van der Waals surface area contributed by atoms with Gasteiger partial charge < -0.3 is 10.1 Å². The molecule has 1 fully saturated rings. The first-order chi connectivity index (χ1) is 21.7. The summed E-state index contributed by atoms with van der Waals surface area (Å²) in [4.78, 5) is 34.6. The summed E-state index contributed by atoms with van der Waals surface area (Å²) in [6.07, 6.45) is -7.80. The number of benzene rings is 3. The van der Waals surface area contributed by atoms with Crippen molar-refractivity contribution in [3.63, 3.8) is 0 Å². The third-order valence-corrected chi connectivity index (χ3v) is 7.31. The minimum Gasteiger partial charge on any atom is -0.367 e. The molecule has 0 aliphatic carbocycles. The minimum absolute atomic E-state index is 0.0570. The zero-order valence-corrected chi connectivity index (χ0v) is 24.3. The number of alkyl halides is 6. The van der Waals surface area contributed by atoms with Gasteiger partial charge in [-0.25, -0.2) is 18.9 Å². The predicted octanol–water partition coefficient (Wildman–Crippen LogP) is 7.15. The molecule has 1 aromatic heterocycles. The number of urea groups is 1. The molecule has 1 aliphatic heterocycles. The molecule has 240 valence electrons. The highest BCUT2D eigenvalue weighted by Crippen LogP contribution is 2.32. The molecule has 0 radical (unpaired) electrons. The van der Waals surface area contributed by atoms with Crippen LogP contribution >= 0.6 is 11.8 Å². The highest BCUT2D eigenvalue weighted by molar-refractivity contribution is 8.15. The molecule has 3 amide bonds. The third-order valence-electron chi connectivity index (χ3n) is 6.39. The van der Waals surface area contributed by atoms with E-state index in [9.17, 15) is 35.9 Å². The molecule has 0 saturated carbocycles. The number of rotatable bonds is 7. The molecule has 5 rings (SSSR count). The first-order valence-corrected chi connectivity index (χ1v) is 14.2. The Morgan fingerprint density at radius 2 is 1.78 bits per heavy atom. The fourth-order valence-electron chi connectivity index (χ4n) is 4.27. The van der Waals surface area contributed by atoms with Gasteiger partial charge in [0.05, 0.1) is 35.0 Å². The summed E-state index contributed by atoms with van der Waals surface area (Å²) in [5.74, 6) is -1.40. The van der Waals surface area contributed by atoms with E-state index in [1.165, 1.54) is 41.3 Å². The predicted molar refractivity (Wildman–Crippen MR) is 155 cm³/mol. The van der Waals surface area contributed by atoms with Gasteiger partial charge >= 0.3 is 18.4 Å². The number of nitrogens with zero attached hydrogens (tertiary/aromatic N) is 5. The number of amides is 3. The number of anilines is 2. The molecular weight excluding hydrogens is 645 g/mol. The molecule has 0 bridgehead atoms. The summed E-state index contributed by atoms with van der Waals surface area (Å²) < 4.78 is 97.3. The number of aliphatic imine (C=N–C) groups is 1. The number of halogens is 7. The largest absolute Gasteiger partial charge is 0.416 e. The quantitative estimate of drug-likeness (QED) is 0.210. The lowest BCUT2D eigenvalue weighted by Crippen LogP contribution is -2.31. The van der Waals surface area contributed by atoms with Crippen LogP contribution in [0.4, 0.5) is 46.9 Å². The molecule has 0 spiro atoms. The van der Waals surface area contributed by atoms with Crippen molar-refractivity contribution in [2.24, 2.45) is 4.99 Å². The SMILES string of the molecule is Cc1ccc(COCC(F)(F)F)c(N2C(=O)CSC2=NC(=O)Nc2ccc(-c3ncn(-c4ccc(C(F)(F)F)cc4)n3)cc2F)c1. The topological polar surface area (TPSA) is 102 Å². The molecule has 3 aromatic carbocycles. The summed E-state index contributed by atoms with van der Waals surface area (Å²) in [6, 6.07) is 11.5. The van der Waals surface area contributed by atoms with Crippen molar-refractivity contribution in [3.8, 4) is 17.1 Å². The van der Waals surface area contributed by atoms with E-state index in [4.69, 9.17) is 4.74 Å². The molecular formula is C29H21F7N6O3S. The summed E-state index contributed by atoms with van der Waals surface area (Å²) >= 11 is 0.918. The molecule has 0 unspecified atom stereocenters. The normalized spacial score (nSPS) is 14.7. The van der Waals surface area contributed by atoms with Crippen LogP contribution in [0.1, 0.15) is 16.7 Å². The van der Waals surface area contributed by atoms with Gasteiger partial charge in [0.15, 0.2) is 11.0 Å². The number of carbonyl (C=O) groups excluding carboxylic acids is 2. The van der Waals surface area contributed by atoms with Gasteiger partial charge in [0.1, 0.15) is 18.8 Å². The van der Waals surface area contributed by atoms with Crippen molar-refractivity contribution < 1.29 is 45.1 Å². The highest BCUT2D eigenvalue weighted by atomic mass is 32.2. The number of amidine groups is 1. The Labute approximate surface area is 260 Å². The number of ether oxygens (including phenoxy) is 1. The number of hydrogen-bond donors (Lipinski definition) is 1. The van der Waals surface area contributed by atoms with Crippen LogP contribution in [0.15, 0.2) is 72.0 Å². The Bertz CT molecular complexity index is 1810. The molecule has 9 nitrogen and oxygen atoms in total. The Hall–Kier alpha value is -4.77. The minimum atomic E-state index is -4.55. The Balaban J connectivity index is 1.30. The molecule has 17 heteroatoms. The maximum Gasteiger partial charge on any atom is 0.416 e. The highest BCUT2D eigenvalue weighted by Gasteiger charge is 2.33. The van der Waals surface area contributed by atoms with Crippen LogP contribution in [0.25, 0.3) is 17.1 Å². The van der Waals surface area contributed by atoms with Crippen molar-refractivity contribution >= 4 is 40.2 Å². The van der Waals surface area contributed by atoms with Crippen LogP contribution in [0, 0.1) is 12.7 Å². The second kappa shape index (κ2) is 12.9. The van der Waals surface area contributed by atoms with Crippen LogP contribution in [-0.4, -0.2) is 50.4 Å². The summed E-state index contributed by atoms with van der Waals surface area (Å²) in [5.41, 5.74) is 0.537. The molecule has 1 aliphatic rings. The van der Waals surface area contributed by atoms with Crippen molar-refractivity contribution in [2.75, 3.05) is 22.6 Å². The van der Waals surface area contributed by atoms with Gasteiger partial charge in [0, 0.05) is 11.1 Å². The zero-order valence-electron chi connectivity index (χ0n) is 23.5. The molecule has 1 N–H and O–H groups in total.